The van der Waals surface area contributed by atoms with Gasteiger partial charge in [-0.1, -0.05) is 75.5 Å². The molecule has 6 rings (SSSR count). The average Bonchev–Trinajstić information content (AvgIpc) is 3.42. The Morgan fingerprint density at radius 2 is 1.43 bits per heavy atom. The van der Waals surface area contributed by atoms with Gasteiger partial charge in [0.05, 0.1) is 33.7 Å². The predicted molar refractivity (Wildman–Crippen MR) is 132 cm³/mol. The SMILES string of the molecule is O=C1[C@H]2[C@H](c3cccc(Cl)c3Cl)OC3(C(=O)c4ccccc4C3=O)[C@H]2C(=O)N1c1ccc(Br)cc1. The molecule has 3 aromatic carbocycles. The third-order valence-electron chi connectivity index (χ3n) is 6.89. The first kappa shape index (κ1) is 22.6. The Morgan fingerprint density at radius 1 is 0.800 bits per heavy atom. The van der Waals surface area contributed by atoms with E-state index in [-0.39, 0.29) is 21.2 Å². The second-order valence-electron chi connectivity index (χ2n) is 8.61. The normalized spacial score (nSPS) is 24.4. The van der Waals surface area contributed by atoms with Gasteiger partial charge in [0, 0.05) is 21.2 Å². The van der Waals surface area contributed by atoms with E-state index in [1.165, 1.54) is 12.1 Å². The summed E-state index contributed by atoms with van der Waals surface area (Å²) in [5.41, 5.74) is -1.17. The van der Waals surface area contributed by atoms with E-state index in [0.717, 1.165) is 9.37 Å². The molecular formula is C26H14BrCl2NO5. The summed E-state index contributed by atoms with van der Waals surface area (Å²) in [5, 5.41) is 0.354. The topological polar surface area (TPSA) is 80.8 Å². The van der Waals surface area contributed by atoms with Gasteiger partial charge in [-0.05, 0) is 30.3 Å². The number of imide groups is 1. The summed E-state index contributed by atoms with van der Waals surface area (Å²) in [6, 6.07) is 17.8. The van der Waals surface area contributed by atoms with E-state index in [0.29, 0.717) is 11.3 Å². The number of Topliss-reactive ketones (excluding diaryl/α,β-unsaturated/α-hetero) is 2. The van der Waals surface area contributed by atoms with Crippen molar-refractivity contribution in [3.8, 4) is 0 Å². The maximum absolute atomic E-state index is 13.9. The van der Waals surface area contributed by atoms with Crippen LogP contribution in [0.25, 0.3) is 0 Å². The number of benzene rings is 3. The van der Waals surface area contributed by atoms with Crippen molar-refractivity contribution >= 4 is 68.2 Å². The van der Waals surface area contributed by atoms with Crippen LogP contribution in [-0.4, -0.2) is 29.0 Å². The van der Waals surface area contributed by atoms with Gasteiger partial charge in [0.25, 0.3) is 0 Å². The van der Waals surface area contributed by atoms with Crippen molar-refractivity contribution in [3.05, 3.63) is 97.9 Å². The molecule has 2 amide bonds. The van der Waals surface area contributed by atoms with Gasteiger partial charge < -0.3 is 4.74 Å². The fourth-order valence-corrected chi connectivity index (χ4v) is 6.06. The molecule has 0 saturated carbocycles. The van der Waals surface area contributed by atoms with E-state index in [2.05, 4.69) is 15.9 Å². The highest BCUT2D eigenvalue weighted by molar-refractivity contribution is 9.10. The van der Waals surface area contributed by atoms with Crippen LogP contribution in [0.4, 0.5) is 5.69 Å². The monoisotopic (exact) mass is 569 g/mol. The Hall–Kier alpha value is -2.84. The second kappa shape index (κ2) is 7.83. The molecule has 1 aliphatic carbocycles. The van der Waals surface area contributed by atoms with Crippen molar-refractivity contribution in [2.45, 2.75) is 11.7 Å². The summed E-state index contributed by atoms with van der Waals surface area (Å²) < 4.78 is 7.00. The fraction of sp³-hybridized carbons (Fsp3) is 0.154. The summed E-state index contributed by atoms with van der Waals surface area (Å²) in [4.78, 5) is 56.2. The van der Waals surface area contributed by atoms with Crippen LogP contribution in [-0.2, 0) is 14.3 Å². The molecule has 0 radical (unpaired) electrons. The number of hydrogen-bond donors (Lipinski definition) is 0. The van der Waals surface area contributed by atoms with Crippen LogP contribution in [0.5, 0.6) is 0 Å². The zero-order chi connectivity index (χ0) is 24.6. The number of rotatable bonds is 2. The van der Waals surface area contributed by atoms with Crippen LogP contribution < -0.4 is 4.90 Å². The maximum Gasteiger partial charge on any atom is 0.241 e. The number of ether oxygens (including phenoxy) is 1. The van der Waals surface area contributed by atoms with Crippen molar-refractivity contribution < 1.29 is 23.9 Å². The molecule has 2 fully saturated rings. The lowest BCUT2D eigenvalue weighted by molar-refractivity contribution is -0.127. The highest BCUT2D eigenvalue weighted by atomic mass is 79.9. The van der Waals surface area contributed by atoms with Crippen LogP contribution in [0.3, 0.4) is 0 Å². The Balaban J connectivity index is 1.57. The van der Waals surface area contributed by atoms with E-state index >= 15 is 0 Å². The average molecular weight is 571 g/mol. The Labute approximate surface area is 217 Å². The van der Waals surface area contributed by atoms with Crippen molar-refractivity contribution in [3.63, 3.8) is 0 Å². The number of amides is 2. The molecule has 0 unspecified atom stereocenters. The molecule has 35 heavy (non-hydrogen) atoms. The number of halogens is 3. The predicted octanol–water partition coefficient (Wildman–Crippen LogP) is 5.45. The minimum atomic E-state index is -2.17. The summed E-state index contributed by atoms with van der Waals surface area (Å²) >= 11 is 16.1. The minimum absolute atomic E-state index is 0.132. The van der Waals surface area contributed by atoms with Gasteiger partial charge in [-0.2, -0.15) is 0 Å². The number of hydrogen-bond acceptors (Lipinski definition) is 5. The molecule has 1 spiro atoms. The largest absolute Gasteiger partial charge is 0.349 e. The third-order valence-corrected chi connectivity index (χ3v) is 8.25. The van der Waals surface area contributed by atoms with E-state index in [4.69, 9.17) is 27.9 Å². The molecule has 0 N–H and O–H groups in total. The first-order valence-corrected chi connectivity index (χ1v) is 12.3. The summed E-state index contributed by atoms with van der Waals surface area (Å²) in [7, 11) is 0. The van der Waals surface area contributed by atoms with Crippen LogP contribution in [0, 0.1) is 11.8 Å². The van der Waals surface area contributed by atoms with E-state index in [9.17, 15) is 19.2 Å². The Morgan fingerprint density at radius 3 is 2.06 bits per heavy atom. The van der Waals surface area contributed by atoms with Gasteiger partial charge in [0.1, 0.15) is 0 Å². The van der Waals surface area contributed by atoms with Crippen LogP contribution in [0.15, 0.2) is 71.2 Å². The Bertz CT molecular complexity index is 1440. The van der Waals surface area contributed by atoms with E-state index in [1.807, 2.05) is 0 Å². The van der Waals surface area contributed by atoms with Crippen molar-refractivity contribution in [1.82, 2.24) is 0 Å². The molecule has 2 saturated heterocycles. The van der Waals surface area contributed by atoms with Gasteiger partial charge in [-0.15, -0.1) is 0 Å². The lowest BCUT2D eigenvalue weighted by Crippen LogP contribution is -2.51. The first-order chi connectivity index (χ1) is 16.8. The van der Waals surface area contributed by atoms with Crippen molar-refractivity contribution in [2.24, 2.45) is 11.8 Å². The number of fused-ring (bicyclic) bond motifs is 3. The van der Waals surface area contributed by atoms with Crippen molar-refractivity contribution in [2.75, 3.05) is 4.90 Å². The summed E-state index contributed by atoms with van der Waals surface area (Å²) in [5.74, 6) is -5.01. The number of carbonyl (C=O) groups is 4. The molecule has 0 aromatic heterocycles. The molecule has 3 aliphatic rings. The van der Waals surface area contributed by atoms with Gasteiger partial charge in [0.2, 0.25) is 29.0 Å². The zero-order valence-electron chi connectivity index (χ0n) is 17.7. The number of nitrogens with zero attached hydrogens (tertiary/aromatic N) is 1. The smallest absolute Gasteiger partial charge is 0.241 e. The van der Waals surface area contributed by atoms with Crippen LogP contribution in [0.2, 0.25) is 10.0 Å². The van der Waals surface area contributed by atoms with Gasteiger partial charge in [0.15, 0.2) is 0 Å². The molecule has 3 aromatic rings. The number of carbonyl (C=O) groups excluding carboxylic acids is 4. The standard InChI is InChI=1S/C26H14BrCl2NO5/c27-12-8-10-13(11-9-12)30-24(33)18-19(25(30)34)26(22(31)14-4-1-2-5-15(14)23(26)32)35-21(18)16-6-3-7-17(28)20(16)29/h1-11,18-19,21H/t18-,19-,21+/m1/s1. The zero-order valence-corrected chi connectivity index (χ0v) is 20.8. The van der Waals surface area contributed by atoms with Crippen LogP contribution in [0.1, 0.15) is 32.4 Å². The van der Waals surface area contributed by atoms with Gasteiger partial charge in [-0.3, -0.25) is 19.2 Å². The summed E-state index contributed by atoms with van der Waals surface area (Å²) in [6.07, 6.45) is -1.13. The molecule has 3 atom stereocenters. The molecule has 9 heteroatoms. The second-order valence-corrected chi connectivity index (χ2v) is 10.3. The minimum Gasteiger partial charge on any atom is -0.349 e. The van der Waals surface area contributed by atoms with Crippen LogP contribution >= 0.6 is 39.1 Å². The number of ketones is 2. The van der Waals surface area contributed by atoms with E-state index < -0.39 is 46.9 Å². The van der Waals surface area contributed by atoms with Gasteiger partial charge >= 0.3 is 0 Å². The summed E-state index contributed by atoms with van der Waals surface area (Å²) in [6.45, 7) is 0. The first-order valence-electron chi connectivity index (χ1n) is 10.7. The quantitative estimate of drug-likeness (QED) is 0.302. The molecule has 6 nitrogen and oxygen atoms in total. The fourth-order valence-electron chi connectivity index (χ4n) is 5.38. The highest BCUT2D eigenvalue weighted by Gasteiger charge is 2.74. The molecule has 174 valence electrons. The van der Waals surface area contributed by atoms with Crippen molar-refractivity contribution in [1.29, 1.82) is 0 Å². The lowest BCUT2D eigenvalue weighted by Gasteiger charge is -2.27. The Kier molecular flexibility index (Phi) is 5.06. The molecule has 0 bridgehead atoms. The maximum atomic E-state index is 13.9. The highest BCUT2D eigenvalue weighted by Crippen LogP contribution is 2.58. The van der Waals surface area contributed by atoms with Gasteiger partial charge in [-0.25, -0.2) is 4.90 Å². The lowest BCUT2D eigenvalue weighted by atomic mass is 9.77. The third kappa shape index (κ3) is 2.93. The van der Waals surface area contributed by atoms with E-state index in [1.54, 1.807) is 54.6 Å². The molecule has 2 heterocycles. The number of anilines is 1. The molecule has 2 aliphatic heterocycles. The molecular weight excluding hydrogens is 557 g/mol.